The van der Waals surface area contributed by atoms with Crippen LogP contribution in [0.4, 0.5) is 0 Å². The van der Waals surface area contributed by atoms with E-state index in [1.54, 1.807) is 0 Å². The first-order valence-electron chi connectivity index (χ1n) is 5.59. The van der Waals surface area contributed by atoms with Crippen LogP contribution in [-0.2, 0) is 13.5 Å². The Hall–Kier alpha value is -1.77. The quantitative estimate of drug-likeness (QED) is 0.729. The predicted molar refractivity (Wildman–Crippen MR) is 62.5 cm³/mol. The number of aromatic nitrogens is 2. The minimum atomic E-state index is 0.845. The van der Waals surface area contributed by atoms with Gasteiger partial charge in [-0.15, -0.1) is 0 Å². The molecule has 1 aliphatic rings. The van der Waals surface area contributed by atoms with Crippen LogP contribution in [0.2, 0.25) is 0 Å². The normalized spacial score (nSPS) is 14.3. The molecule has 0 aliphatic carbocycles. The van der Waals surface area contributed by atoms with Crippen molar-refractivity contribution in [2.24, 2.45) is 7.05 Å². The molecule has 0 bridgehead atoms. The predicted octanol–water partition coefficient (Wildman–Crippen LogP) is 2.41. The van der Waals surface area contributed by atoms with Gasteiger partial charge in [0.05, 0.1) is 12.3 Å². The summed E-state index contributed by atoms with van der Waals surface area (Å²) < 4.78 is 7.50. The number of benzene rings is 1. The standard InChI is InChI=1S/C13H14N2O/c1-15-12(6-7-14-15)10-4-5-13-11(9-10)3-2-8-16-13/h4-7,9H,2-3,8H2,1H3. The Bertz CT molecular complexity index is 516. The van der Waals surface area contributed by atoms with Crippen molar-refractivity contribution in [1.82, 2.24) is 9.78 Å². The zero-order valence-electron chi connectivity index (χ0n) is 9.31. The maximum absolute atomic E-state index is 5.60. The number of aryl methyl sites for hydroxylation is 2. The summed E-state index contributed by atoms with van der Waals surface area (Å²) in [6, 6.07) is 8.41. The van der Waals surface area contributed by atoms with E-state index >= 15 is 0 Å². The summed E-state index contributed by atoms with van der Waals surface area (Å²) in [7, 11) is 1.96. The van der Waals surface area contributed by atoms with Crippen LogP contribution >= 0.6 is 0 Å². The van der Waals surface area contributed by atoms with Gasteiger partial charge in [-0.3, -0.25) is 4.68 Å². The minimum Gasteiger partial charge on any atom is -0.493 e. The third-order valence-electron chi connectivity index (χ3n) is 3.03. The molecule has 0 saturated carbocycles. The highest BCUT2D eigenvalue weighted by atomic mass is 16.5. The molecule has 0 radical (unpaired) electrons. The van der Waals surface area contributed by atoms with Crippen molar-refractivity contribution in [2.75, 3.05) is 6.61 Å². The molecule has 1 aromatic carbocycles. The van der Waals surface area contributed by atoms with E-state index in [1.807, 2.05) is 24.0 Å². The lowest BCUT2D eigenvalue weighted by Crippen LogP contribution is -2.08. The summed E-state index contributed by atoms with van der Waals surface area (Å²) in [6.45, 7) is 0.845. The lowest BCUT2D eigenvalue weighted by atomic mass is 10.0. The third kappa shape index (κ3) is 1.48. The maximum atomic E-state index is 5.60. The van der Waals surface area contributed by atoms with E-state index in [1.165, 1.54) is 11.1 Å². The molecule has 0 fully saturated rings. The van der Waals surface area contributed by atoms with Gasteiger partial charge < -0.3 is 4.74 Å². The lowest BCUT2D eigenvalue weighted by molar-refractivity contribution is 0.288. The van der Waals surface area contributed by atoms with Crippen molar-refractivity contribution in [2.45, 2.75) is 12.8 Å². The molecule has 2 heterocycles. The molecule has 3 heteroatoms. The van der Waals surface area contributed by atoms with Crippen molar-refractivity contribution >= 4 is 0 Å². The van der Waals surface area contributed by atoms with E-state index < -0.39 is 0 Å². The smallest absolute Gasteiger partial charge is 0.122 e. The van der Waals surface area contributed by atoms with Crippen molar-refractivity contribution in [3.05, 3.63) is 36.0 Å². The SMILES string of the molecule is Cn1nccc1-c1ccc2c(c1)CCCO2. The van der Waals surface area contributed by atoms with Gasteiger partial charge in [0.1, 0.15) is 5.75 Å². The number of hydrogen-bond donors (Lipinski definition) is 0. The van der Waals surface area contributed by atoms with Crippen molar-refractivity contribution in [3.63, 3.8) is 0 Å². The van der Waals surface area contributed by atoms with Gasteiger partial charge in [0.15, 0.2) is 0 Å². The van der Waals surface area contributed by atoms with E-state index in [4.69, 9.17) is 4.74 Å². The van der Waals surface area contributed by atoms with Crippen LogP contribution in [0.25, 0.3) is 11.3 Å². The summed E-state index contributed by atoms with van der Waals surface area (Å²) in [4.78, 5) is 0. The van der Waals surface area contributed by atoms with E-state index in [9.17, 15) is 0 Å². The van der Waals surface area contributed by atoms with Crippen LogP contribution in [0.3, 0.4) is 0 Å². The second-order valence-corrected chi connectivity index (χ2v) is 4.11. The minimum absolute atomic E-state index is 0.845. The molecule has 3 nitrogen and oxygen atoms in total. The molecule has 0 atom stereocenters. The Kier molecular flexibility index (Phi) is 2.17. The van der Waals surface area contributed by atoms with Crippen molar-refractivity contribution in [1.29, 1.82) is 0 Å². The summed E-state index contributed by atoms with van der Waals surface area (Å²) in [5.41, 5.74) is 3.67. The topological polar surface area (TPSA) is 27.1 Å². The fraction of sp³-hybridized carbons (Fsp3) is 0.308. The van der Waals surface area contributed by atoms with Crippen molar-refractivity contribution in [3.8, 4) is 17.0 Å². The molecule has 0 saturated heterocycles. The number of rotatable bonds is 1. The molecule has 1 aromatic heterocycles. The van der Waals surface area contributed by atoms with E-state index in [2.05, 4.69) is 23.3 Å². The summed E-state index contributed by atoms with van der Waals surface area (Å²) in [6.07, 6.45) is 4.05. The van der Waals surface area contributed by atoms with E-state index in [0.717, 1.165) is 30.9 Å². The van der Waals surface area contributed by atoms with Gasteiger partial charge in [-0.1, -0.05) is 0 Å². The van der Waals surface area contributed by atoms with Crippen molar-refractivity contribution < 1.29 is 4.74 Å². The average Bonchev–Trinajstić information content (AvgIpc) is 2.75. The zero-order chi connectivity index (χ0) is 11.0. The molecule has 0 spiro atoms. The number of ether oxygens (including phenoxy) is 1. The van der Waals surface area contributed by atoms with E-state index in [-0.39, 0.29) is 0 Å². The molecule has 16 heavy (non-hydrogen) atoms. The Morgan fingerprint density at radius 3 is 3.06 bits per heavy atom. The van der Waals surface area contributed by atoms with Crippen LogP contribution in [0.15, 0.2) is 30.5 Å². The van der Waals surface area contributed by atoms with Gasteiger partial charge in [0, 0.05) is 18.8 Å². The van der Waals surface area contributed by atoms with Gasteiger partial charge in [-0.05, 0) is 42.7 Å². The fourth-order valence-electron chi connectivity index (χ4n) is 2.18. The van der Waals surface area contributed by atoms with Crippen LogP contribution in [-0.4, -0.2) is 16.4 Å². The monoisotopic (exact) mass is 214 g/mol. The van der Waals surface area contributed by atoms with Gasteiger partial charge in [-0.2, -0.15) is 5.10 Å². The maximum Gasteiger partial charge on any atom is 0.122 e. The van der Waals surface area contributed by atoms with Crippen LogP contribution in [0.1, 0.15) is 12.0 Å². The van der Waals surface area contributed by atoms with Crippen LogP contribution in [0, 0.1) is 0 Å². The highest BCUT2D eigenvalue weighted by molar-refractivity contribution is 5.62. The molecule has 2 aromatic rings. The molecule has 82 valence electrons. The molecule has 0 amide bonds. The number of nitrogens with zero attached hydrogens (tertiary/aromatic N) is 2. The Morgan fingerprint density at radius 1 is 1.31 bits per heavy atom. The Balaban J connectivity index is 2.06. The van der Waals surface area contributed by atoms with Crippen LogP contribution in [0.5, 0.6) is 5.75 Å². The van der Waals surface area contributed by atoms with E-state index in [0.29, 0.717) is 0 Å². The second-order valence-electron chi connectivity index (χ2n) is 4.11. The highest BCUT2D eigenvalue weighted by Gasteiger charge is 2.12. The molecular formula is C13H14N2O. The fourth-order valence-corrected chi connectivity index (χ4v) is 2.18. The first kappa shape index (κ1) is 9.46. The van der Waals surface area contributed by atoms with Crippen LogP contribution < -0.4 is 4.74 Å². The molecule has 0 N–H and O–H groups in total. The van der Waals surface area contributed by atoms with Gasteiger partial charge in [-0.25, -0.2) is 0 Å². The average molecular weight is 214 g/mol. The molecular weight excluding hydrogens is 200 g/mol. The number of hydrogen-bond acceptors (Lipinski definition) is 2. The highest BCUT2D eigenvalue weighted by Crippen LogP contribution is 2.29. The largest absolute Gasteiger partial charge is 0.493 e. The Labute approximate surface area is 94.7 Å². The lowest BCUT2D eigenvalue weighted by Gasteiger charge is -2.17. The van der Waals surface area contributed by atoms with Gasteiger partial charge >= 0.3 is 0 Å². The molecule has 3 rings (SSSR count). The number of fused-ring (bicyclic) bond motifs is 1. The van der Waals surface area contributed by atoms with Gasteiger partial charge in [0.2, 0.25) is 0 Å². The second kappa shape index (κ2) is 3.67. The third-order valence-corrected chi connectivity index (χ3v) is 3.03. The first-order chi connectivity index (χ1) is 7.84. The zero-order valence-corrected chi connectivity index (χ0v) is 9.31. The first-order valence-corrected chi connectivity index (χ1v) is 5.59. The van der Waals surface area contributed by atoms with Gasteiger partial charge in [0.25, 0.3) is 0 Å². The molecule has 1 aliphatic heterocycles. The summed E-state index contributed by atoms with van der Waals surface area (Å²) in [5, 5.41) is 4.19. The summed E-state index contributed by atoms with van der Waals surface area (Å²) >= 11 is 0. The molecule has 0 unspecified atom stereocenters. The Morgan fingerprint density at radius 2 is 2.25 bits per heavy atom. The summed E-state index contributed by atoms with van der Waals surface area (Å²) in [5.74, 6) is 1.04.